The molecular weight excluding hydrogens is 325 g/mol. The van der Waals surface area contributed by atoms with Gasteiger partial charge in [0.25, 0.3) is 0 Å². The van der Waals surface area contributed by atoms with Crippen LogP contribution in [-0.2, 0) is 22.4 Å². The van der Waals surface area contributed by atoms with Crippen molar-refractivity contribution in [1.82, 2.24) is 0 Å². The number of hydrogen-bond acceptors (Lipinski definition) is 2. The maximum atomic E-state index is 12.5. The summed E-state index contributed by atoms with van der Waals surface area (Å²) >= 11 is 6.21. The summed E-state index contributed by atoms with van der Waals surface area (Å²) in [5.74, 6) is 0.147. The second-order valence-corrected chi connectivity index (χ2v) is 8.22. The van der Waals surface area contributed by atoms with E-state index in [1.54, 1.807) is 0 Å². The van der Waals surface area contributed by atoms with Crippen LogP contribution in [0.5, 0.6) is 0 Å². The number of hydrogen-bond donors (Lipinski definition) is 0. The normalized spacial score (nSPS) is 23.7. The zero-order valence-corrected chi connectivity index (χ0v) is 12.8. The van der Waals surface area contributed by atoms with Gasteiger partial charge < -0.3 is 0 Å². The summed E-state index contributed by atoms with van der Waals surface area (Å²) in [6.07, 6.45) is -2.12. The highest BCUT2D eigenvalue weighted by Gasteiger charge is 2.35. The van der Waals surface area contributed by atoms with E-state index in [4.69, 9.17) is 11.6 Å². The molecule has 1 heterocycles. The van der Waals surface area contributed by atoms with Crippen LogP contribution in [0.4, 0.5) is 13.2 Å². The fraction of sp³-hybridized carbons (Fsp3) is 0.571. The van der Waals surface area contributed by atoms with E-state index in [-0.39, 0.29) is 12.2 Å². The van der Waals surface area contributed by atoms with Crippen molar-refractivity contribution in [3.8, 4) is 0 Å². The molecule has 2 unspecified atom stereocenters. The van der Waals surface area contributed by atoms with E-state index in [1.807, 2.05) is 0 Å². The second kappa shape index (κ2) is 6.16. The number of rotatable bonds is 3. The van der Waals surface area contributed by atoms with Gasteiger partial charge in [-0.15, -0.1) is 11.6 Å². The smallest absolute Gasteiger partial charge is 0.228 e. The molecule has 1 aliphatic rings. The maximum absolute atomic E-state index is 12.5. The van der Waals surface area contributed by atoms with Crippen molar-refractivity contribution in [3.63, 3.8) is 0 Å². The lowest BCUT2D eigenvalue weighted by Gasteiger charge is -2.26. The van der Waals surface area contributed by atoms with Gasteiger partial charge in [0.15, 0.2) is 9.84 Å². The summed E-state index contributed by atoms with van der Waals surface area (Å²) in [5.41, 5.74) is -0.105. The fourth-order valence-electron chi connectivity index (χ4n) is 2.57. The van der Waals surface area contributed by atoms with Crippen LogP contribution in [0.2, 0.25) is 0 Å². The molecule has 1 aromatic carbocycles. The molecule has 0 N–H and O–H groups in total. The second-order valence-electron chi connectivity index (χ2n) is 5.32. The van der Waals surface area contributed by atoms with Crippen LogP contribution < -0.4 is 0 Å². The molecule has 21 heavy (non-hydrogen) atoms. The molecule has 2 rings (SSSR count). The summed E-state index contributed by atoms with van der Waals surface area (Å²) in [6.45, 7) is 0. The Balaban J connectivity index is 2.07. The summed E-state index contributed by atoms with van der Waals surface area (Å²) in [7, 11) is -3.19. The van der Waals surface area contributed by atoms with Crippen molar-refractivity contribution >= 4 is 21.4 Å². The first-order valence-corrected chi connectivity index (χ1v) is 8.87. The standard InChI is InChI=1S/C14H16ClF3O2S/c15-12(13-3-1-2-8-21(13,19)20)9-10-4-6-11(7-5-10)14(16,17)18/h4-7,12-13H,1-3,8-9H2. The lowest BCUT2D eigenvalue weighted by Crippen LogP contribution is -2.36. The van der Waals surface area contributed by atoms with Gasteiger partial charge in [-0.25, -0.2) is 8.42 Å². The molecule has 0 spiro atoms. The minimum atomic E-state index is -4.37. The van der Waals surface area contributed by atoms with Crippen LogP contribution in [0.15, 0.2) is 24.3 Å². The van der Waals surface area contributed by atoms with Crippen LogP contribution >= 0.6 is 11.6 Å². The molecule has 2 nitrogen and oxygen atoms in total. The zero-order valence-electron chi connectivity index (χ0n) is 11.2. The Kier molecular flexibility index (Phi) is 4.88. The Labute approximate surface area is 127 Å². The quantitative estimate of drug-likeness (QED) is 0.784. The van der Waals surface area contributed by atoms with E-state index in [2.05, 4.69) is 0 Å². The van der Waals surface area contributed by atoms with Crippen LogP contribution in [0.3, 0.4) is 0 Å². The van der Waals surface area contributed by atoms with Crippen molar-refractivity contribution in [3.05, 3.63) is 35.4 Å². The van der Waals surface area contributed by atoms with Gasteiger partial charge in [0, 0.05) is 0 Å². The Hall–Kier alpha value is -0.750. The molecule has 1 aromatic rings. The molecule has 0 saturated carbocycles. The van der Waals surface area contributed by atoms with Gasteiger partial charge in [-0.1, -0.05) is 18.6 Å². The van der Waals surface area contributed by atoms with Crippen LogP contribution in [0, 0.1) is 0 Å². The topological polar surface area (TPSA) is 34.1 Å². The van der Waals surface area contributed by atoms with Gasteiger partial charge in [-0.05, 0) is 37.0 Å². The highest BCUT2D eigenvalue weighted by Crippen LogP contribution is 2.30. The maximum Gasteiger partial charge on any atom is 0.416 e. The van der Waals surface area contributed by atoms with Crippen LogP contribution in [-0.4, -0.2) is 24.8 Å². The predicted molar refractivity (Wildman–Crippen MR) is 76.2 cm³/mol. The zero-order chi connectivity index (χ0) is 15.7. The van der Waals surface area contributed by atoms with E-state index in [0.717, 1.165) is 18.6 Å². The molecule has 0 aliphatic carbocycles. The Morgan fingerprint density at radius 2 is 1.81 bits per heavy atom. The van der Waals surface area contributed by atoms with Crippen molar-refractivity contribution in [1.29, 1.82) is 0 Å². The average Bonchev–Trinajstić information content (AvgIpc) is 2.37. The fourth-order valence-corrected chi connectivity index (χ4v) is 5.33. The lowest BCUT2D eigenvalue weighted by atomic mass is 10.0. The molecule has 0 radical (unpaired) electrons. The number of alkyl halides is 4. The summed E-state index contributed by atoms with van der Waals surface area (Å²) in [5, 5.41) is -1.21. The molecule has 7 heteroatoms. The number of halogens is 4. The monoisotopic (exact) mass is 340 g/mol. The molecule has 1 aliphatic heterocycles. The van der Waals surface area contributed by atoms with Crippen molar-refractivity contribution in [2.45, 2.75) is 42.5 Å². The molecule has 0 bridgehead atoms. The Morgan fingerprint density at radius 3 is 2.33 bits per heavy atom. The molecule has 0 amide bonds. The average molecular weight is 341 g/mol. The first-order valence-electron chi connectivity index (χ1n) is 6.72. The third-order valence-corrected chi connectivity index (χ3v) is 6.70. The van der Waals surface area contributed by atoms with Crippen molar-refractivity contribution in [2.24, 2.45) is 0 Å². The summed E-state index contributed by atoms with van der Waals surface area (Å²) in [4.78, 5) is 0. The predicted octanol–water partition coefficient (Wildman–Crippen LogP) is 3.82. The molecule has 1 fully saturated rings. The van der Waals surface area contributed by atoms with Gasteiger partial charge in [0.05, 0.1) is 21.9 Å². The van der Waals surface area contributed by atoms with E-state index in [9.17, 15) is 21.6 Å². The first-order chi connectivity index (χ1) is 9.70. The van der Waals surface area contributed by atoms with Gasteiger partial charge in [-0.3, -0.25) is 0 Å². The molecule has 118 valence electrons. The lowest BCUT2D eigenvalue weighted by molar-refractivity contribution is -0.137. The SMILES string of the molecule is O=S1(=O)CCCCC1C(Cl)Cc1ccc(C(F)(F)F)cc1. The Bertz CT molecular complexity index is 581. The molecule has 2 atom stereocenters. The van der Waals surface area contributed by atoms with Crippen LogP contribution in [0.1, 0.15) is 30.4 Å². The van der Waals surface area contributed by atoms with Gasteiger partial charge in [-0.2, -0.15) is 13.2 Å². The largest absolute Gasteiger partial charge is 0.416 e. The van der Waals surface area contributed by atoms with Crippen LogP contribution in [0.25, 0.3) is 0 Å². The van der Waals surface area contributed by atoms with E-state index in [1.165, 1.54) is 12.1 Å². The number of benzene rings is 1. The van der Waals surface area contributed by atoms with E-state index in [0.29, 0.717) is 18.4 Å². The minimum Gasteiger partial charge on any atom is -0.228 e. The third kappa shape index (κ3) is 4.13. The highest BCUT2D eigenvalue weighted by molar-refractivity contribution is 7.92. The van der Waals surface area contributed by atoms with E-state index < -0.39 is 32.2 Å². The first kappa shape index (κ1) is 16.6. The summed E-state index contributed by atoms with van der Waals surface area (Å²) in [6, 6.07) is 4.70. The summed E-state index contributed by atoms with van der Waals surface area (Å²) < 4.78 is 61.3. The van der Waals surface area contributed by atoms with Crippen molar-refractivity contribution in [2.75, 3.05) is 5.75 Å². The van der Waals surface area contributed by atoms with Gasteiger partial charge in [0.2, 0.25) is 0 Å². The van der Waals surface area contributed by atoms with E-state index >= 15 is 0 Å². The number of sulfone groups is 1. The minimum absolute atomic E-state index is 0.147. The van der Waals surface area contributed by atoms with Gasteiger partial charge in [0.1, 0.15) is 0 Å². The Morgan fingerprint density at radius 1 is 1.19 bits per heavy atom. The molecule has 1 saturated heterocycles. The van der Waals surface area contributed by atoms with Crippen molar-refractivity contribution < 1.29 is 21.6 Å². The molecular formula is C14H16ClF3O2S. The molecule has 0 aromatic heterocycles. The third-order valence-electron chi connectivity index (χ3n) is 3.74. The van der Waals surface area contributed by atoms with Gasteiger partial charge >= 0.3 is 6.18 Å². The highest BCUT2D eigenvalue weighted by atomic mass is 35.5.